The number of hydrogen-bond acceptors (Lipinski definition) is 3. The van der Waals surface area contributed by atoms with Crippen LogP contribution in [0.1, 0.15) is 19.8 Å². The van der Waals surface area contributed by atoms with Gasteiger partial charge in [0.05, 0.1) is 7.11 Å². The van der Waals surface area contributed by atoms with Crippen molar-refractivity contribution in [3.63, 3.8) is 0 Å². The molecule has 1 N–H and O–H groups in total. The van der Waals surface area contributed by atoms with Gasteiger partial charge in [0.2, 0.25) is 0 Å². The first-order valence-corrected chi connectivity index (χ1v) is 4.51. The molecule has 1 heterocycles. The number of esters is 1. The Hall–Kier alpha value is -0.570. The fourth-order valence-corrected chi connectivity index (χ4v) is 1.67. The van der Waals surface area contributed by atoms with E-state index in [0.717, 1.165) is 19.5 Å². The van der Waals surface area contributed by atoms with Gasteiger partial charge >= 0.3 is 5.97 Å². The first-order chi connectivity index (χ1) is 5.74. The molecule has 0 radical (unpaired) electrons. The molecule has 2 unspecified atom stereocenters. The van der Waals surface area contributed by atoms with Crippen molar-refractivity contribution in [3.8, 4) is 0 Å². The van der Waals surface area contributed by atoms with Crippen LogP contribution in [-0.2, 0) is 9.53 Å². The topological polar surface area (TPSA) is 38.3 Å². The summed E-state index contributed by atoms with van der Waals surface area (Å²) in [6, 6.07) is 0. The second kappa shape index (κ2) is 4.45. The van der Waals surface area contributed by atoms with Crippen molar-refractivity contribution < 1.29 is 9.53 Å². The maximum absolute atomic E-state index is 11.0. The Labute approximate surface area is 73.5 Å². The minimum Gasteiger partial charge on any atom is -0.469 e. The van der Waals surface area contributed by atoms with E-state index in [-0.39, 0.29) is 5.97 Å². The quantitative estimate of drug-likeness (QED) is 0.624. The summed E-state index contributed by atoms with van der Waals surface area (Å²) in [5.74, 6) is 1.03. The Bertz CT molecular complexity index is 159. The molecule has 70 valence electrons. The largest absolute Gasteiger partial charge is 0.469 e. The highest BCUT2D eigenvalue weighted by atomic mass is 16.5. The molecule has 0 bridgehead atoms. The number of carbonyl (C=O) groups is 1. The Morgan fingerprint density at radius 3 is 3.00 bits per heavy atom. The number of ether oxygens (including phenoxy) is 1. The van der Waals surface area contributed by atoms with Crippen LogP contribution in [0.15, 0.2) is 0 Å². The monoisotopic (exact) mass is 171 g/mol. The molecule has 1 aliphatic rings. The number of piperidine rings is 1. The van der Waals surface area contributed by atoms with Crippen LogP contribution >= 0.6 is 0 Å². The van der Waals surface area contributed by atoms with E-state index < -0.39 is 0 Å². The Balaban J connectivity index is 2.33. The lowest BCUT2D eigenvalue weighted by Gasteiger charge is -2.28. The van der Waals surface area contributed by atoms with E-state index in [0.29, 0.717) is 18.3 Å². The van der Waals surface area contributed by atoms with Gasteiger partial charge in [0, 0.05) is 6.42 Å². The minimum atomic E-state index is -0.0752. The van der Waals surface area contributed by atoms with Gasteiger partial charge in [-0.25, -0.2) is 0 Å². The van der Waals surface area contributed by atoms with Crippen molar-refractivity contribution in [1.29, 1.82) is 0 Å². The summed E-state index contributed by atoms with van der Waals surface area (Å²) in [5, 5.41) is 3.30. The van der Waals surface area contributed by atoms with Crippen molar-refractivity contribution in [2.75, 3.05) is 20.2 Å². The van der Waals surface area contributed by atoms with Crippen LogP contribution in [0.25, 0.3) is 0 Å². The summed E-state index contributed by atoms with van der Waals surface area (Å²) in [6.45, 7) is 4.24. The third-order valence-corrected chi connectivity index (χ3v) is 2.62. The van der Waals surface area contributed by atoms with E-state index in [9.17, 15) is 4.79 Å². The van der Waals surface area contributed by atoms with Crippen molar-refractivity contribution in [3.05, 3.63) is 0 Å². The molecule has 2 atom stereocenters. The molecule has 0 aromatic carbocycles. The highest BCUT2D eigenvalue weighted by molar-refractivity contribution is 5.69. The first kappa shape index (κ1) is 9.52. The van der Waals surface area contributed by atoms with Crippen molar-refractivity contribution in [2.45, 2.75) is 19.8 Å². The highest BCUT2D eigenvalue weighted by Crippen LogP contribution is 2.22. The highest BCUT2D eigenvalue weighted by Gasteiger charge is 2.23. The van der Waals surface area contributed by atoms with Gasteiger partial charge in [0.15, 0.2) is 0 Å². The first-order valence-electron chi connectivity index (χ1n) is 4.51. The van der Waals surface area contributed by atoms with Gasteiger partial charge < -0.3 is 10.1 Å². The van der Waals surface area contributed by atoms with Crippen molar-refractivity contribution in [2.24, 2.45) is 11.8 Å². The number of carbonyl (C=O) groups excluding carboxylic acids is 1. The van der Waals surface area contributed by atoms with Crippen LogP contribution < -0.4 is 5.32 Å². The number of rotatable bonds is 2. The van der Waals surface area contributed by atoms with Gasteiger partial charge in [0.1, 0.15) is 0 Å². The molecule has 3 heteroatoms. The van der Waals surface area contributed by atoms with E-state index in [4.69, 9.17) is 0 Å². The molecule has 1 aliphatic heterocycles. The standard InChI is InChI=1S/C9H17NO2/c1-7-6-10-4-3-8(7)5-9(11)12-2/h7-8,10H,3-6H2,1-2H3. The second-order valence-corrected chi connectivity index (χ2v) is 3.51. The van der Waals surface area contributed by atoms with E-state index in [2.05, 4.69) is 17.0 Å². The maximum atomic E-state index is 11.0. The van der Waals surface area contributed by atoms with E-state index in [1.54, 1.807) is 0 Å². The van der Waals surface area contributed by atoms with Gasteiger partial charge in [-0.2, -0.15) is 0 Å². The SMILES string of the molecule is COC(=O)CC1CCNCC1C. The zero-order valence-electron chi connectivity index (χ0n) is 7.80. The molecule has 0 aromatic rings. The van der Waals surface area contributed by atoms with Crippen molar-refractivity contribution in [1.82, 2.24) is 5.32 Å². The normalized spacial score (nSPS) is 29.8. The molecule has 1 fully saturated rings. The third kappa shape index (κ3) is 2.48. The fraction of sp³-hybridized carbons (Fsp3) is 0.889. The molecular formula is C9H17NO2. The average molecular weight is 171 g/mol. The lowest BCUT2D eigenvalue weighted by atomic mass is 9.85. The van der Waals surface area contributed by atoms with Crippen LogP contribution in [0, 0.1) is 11.8 Å². The van der Waals surface area contributed by atoms with Crippen LogP contribution in [0.5, 0.6) is 0 Å². The number of methoxy groups -OCH3 is 1. The summed E-state index contributed by atoms with van der Waals surface area (Å²) >= 11 is 0. The lowest BCUT2D eigenvalue weighted by molar-refractivity contribution is -0.142. The summed E-state index contributed by atoms with van der Waals surface area (Å²) < 4.78 is 4.64. The zero-order chi connectivity index (χ0) is 8.97. The molecule has 0 amide bonds. The number of hydrogen-bond donors (Lipinski definition) is 1. The third-order valence-electron chi connectivity index (χ3n) is 2.62. The van der Waals surface area contributed by atoms with Crippen LogP contribution in [0.4, 0.5) is 0 Å². The van der Waals surface area contributed by atoms with Gasteiger partial charge in [-0.05, 0) is 31.3 Å². The molecular weight excluding hydrogens is 154 g/mol. The molecule has 0 saturated carbocycles. The van der Waals surface area contributed by atoms with E-state index in [1.807, 2.05) is 0 Å². The molecule has 0 spiro atoms. The smallest absolute Gasteiger partial charge is 0.305 e. The predicted octanol–water partition coefficient (Wildman–Crippen LogP) is 0.795. The van der Waals surface area contributed by atoms with Crippen LogP contribution in [0.2, 0.25) is 0 Å². The zero-order valence-corrected chi connectivity index (χ0v) is 7.80. The number of nitrogens with one attached hydrogen (secondary N) is 1. The molecule has 1 saturated heterocycles. The Morgan fingerprint density at radius 1 is 1.67 bits per heavy atom. The van der Waals surface area contributed by atoms with Crippen molar-refractivity contribution >= 4 is 5.97 Å². The second-order valence-electron chi connectivity index (χ2n) is 3.51. The summed E-state index contributed by atoms with van der Waals surface area (Å²) in [5.41, 5.74) is 0. The van der Waals surface area contributed by atoms with Gasteiger partial charge in [-0.1, -0.05) is 6.92 Å². The van der Waals surface area contributed by atoms with Crippen LogP contribution in [0.3, 0.4) is 0 Å². The molecule has 1 rings (SSSR count). The Morgan fingerprint density at radius 2 is 2.42 bits per heavy atom. The van der Waals surface area contributed by atoms with E-state index >= 15 is 0 Å². The molecule has 3 nitrogen and oxygen atoms in total. The van der Waals surface area contributed by atoms with Gasteiger partial charge in [-0.15, -0.1) is 0 Å². The van der Waals surface area contributed by atoms with Gasteiger partial charge in [0.25, 0.3) is 0 Å². The molecule has 0 aromatic heterocycles. The minimum absolute atomic E-state index is 0.0752. The lowest BCUT2D eigenvalue weighted by Crippen LogP contribution is -2.36. The van der Waals surface area contributed by atoms with Crippen LogP contribution in [-0.4, -0.2) is 26.2 Å². The predicted molar refractivity (Wildman–Crippen MR) is 46.8 cm³/mol. The fourth-order valence-electron chi connectivity index (χ4n) is 1.67. The summed E-state index contributed by atoms with van der Waals surface area (Å²) in [4.78, 5) is 11.0. The maximum Gasteiger partial charge on any atom is 0.305 e. The average Bonchev–Trinajstić information content (AvgIpc) is 2.09. The molecule has 12 heavy (non-hydrogen) atoms. The Kier molecular flexibility index (Phi) is 3.53. The van der Waals surface area contributed by atoms with Gasteiger partial charge in [-0.3, -0.25) is 4.79 Å². The van der Waals surface area contributed by atoms with E-state index in [1.165, 1.54) is 7.11 Å². The summed E-state index contributed by atoms with van der Waals surface area (Å²) in [6.07, 6.45) is 1.68. The molecule has 0 aliphatic carbocycles. The summed E-state index contributed by atoms with van der Waals surface area (Å²) in [7, 11) is 1.45.